The van der Waals surface area contributed by atoms with E-state index in [4.69, 9.17) is 9.15 Å². The molecule has 0 saturated carbocycles. The summed E-state index contributed by atoms with van der Waals surface area (Å²) >= 11 is 0. The van der Waals surface area contributed by atoms with Crippen LogP contribution < -0.4 is 10.6 Å². The predicted octanol–water partition coefficient (Wildman–Crippen LogP) is 4.82. The molecule has 0 aliphatic heterocycles. The SMILES string of the molecule is COCCCNc1nc(NCc2cccc(C(F)(F)F)c2)cc(-c2ccco2)n1. The summed E-state index contributed by atoms with van der Waals surface area (Å²) in [5, 5.41) is 6.18. The second-order valence-corrected chi connectivity index (χ2v) is 6.26. The van der Waals surface area contributed by atoms with Crippen molar-refractivity contribution in [2.24, 2.45) is 0 Å². The number of benzene rings is 1. The minimum Gasteiger partial charge on any atom is -0.463 e. The number of aromatic nitrogens is 2. The number of furan rings is 1. The lowest BCUT2D eigenvalue weighted by Gasteiger charge is -2.12. The second kappa shape index (κ2) is 9.42. The van der Waals surface area contributed by atoms with E-state index < -0.39 is 11.7 Å². The number of hydrogen-bond acceptors (Lipinski definition) is 6. The van der Waals surface area contributed by atoms with Crippen molar-refractivity contribution in [3.05, 3.63) is 59.9 Å². The molecule has 29 heavy (non-hydrogen) atoms. The molecule has 0 unspecified atom stereocenters. The largest absolute Gasteiger partial charge is 0.463 e. The van der Waals surface area contributed by atoms with Gasteiger partial charge in [0, 0.05) is 32.9 Å². The molecule has 3 rings (SSSR count). The number of alkyl halides is 3. The van der Waals surface area contributed by atoms with Crippen LogP contribution in [0.5, 0.6) is 0 Å². The van der Waals surface area contributed by atoms with Crippen LogP contribution in [0.15, 0.2) is 53.1 Å². The van der Waals surface area contributed by atoms with Crippen molar-refractivity contribution in [1.82, 2.24) is 9.97 Å². The van der Waals surface area contributed by atoms with Crippen molar-refractivity contribution in [2.45, 2.75) is 19.1 Å². The smallest absolute Gasteiger partial charge is 0.416 e. The van der Waals surface area contributed by atoms with E-state index in [0.717, 1.165) is 18.6 Å². The number of rotatable bonds is 9. The van der Waals surface area contributed by atoms with E-state index in [1.54, 1.807) is 37.6 Å². The normalized spacial score (nSPS) is 11.4. The molecule has 0 spiro atoms. The molecule has 0 aliphatic rings. The Labute approximate surface area is 166 Å². The van der Waals surface area contributed by atoms with Gasteiger partial charge in [-0.05, 0) is 36.2 Å². The Balaban J connectivity index is 1.76. The van der Waals surface area contributed by atoms with Crippen LogP contribution >= 0.6 is 0 Å². The van der Waals surface area contributed by atoms with Gasteiger partial charge in [-0.15, -0.1) is 0 Å². The number of hydrogen-bond donors (Lipinski definition) is 2. The number of anilines is 2. The zero-order valence-electron chi connectivity index (χ0n) is 15.8. The van der Waals surface area contributed by atoms with Crippen LogP contribution in [0.3, 0.4) is 0 Å². The summed E-state index contributed by atoms with van der Waals surface area (Å²) in [5.41, 5.74) is 0.370. The number of methoxy groups -OCH3 is 1. The molecule has 0 saturated heterocycles. The van der Waals surface area contributed by atoms with Gasteiger partial charge in [-0.3, -0.25) is 0 Å². The molecule has 0 fully saturated rings. The van der Waals surface area contributed by atoms with Crippen LogP contribution in [0.25, 0.3) is 11.5 Å². The van der Waals surface area contributed by atoms with Gasteiger partial charge in [0.25, 0.3) is 0 Å². The van der Waals surface area contributed by atoms with Crippen LogP contribution in [-0.2, 0) is 17.5 Å². The van der Waals surface area contributed by atoms with E-state index in [-0.39, 0.29) is 6.54 Å². The summed E-state index contributed by atoms with van der Waals surface area (Å²) in [4.78, 5) is 8.82. The molecule has 2 aromatic heterocycles. The molecular formula is C20H21F3N4O2. The van der Waals surface area contributed by atoms with E-state index in [1.165, 1.54) is 6.07 Å². The Morgan fingerprint density at radius 3 is 2.66 bits per heavy atom. The van der Waals surface area contributed by atoms with Crippen molar-refractivity contribution in [1.29, 1.82) is 0 Å². The molecule has 0 radical (unpaired) electrons. The Bertz CT molecular complexity index is 914. The monoisotopic (exact) mass is 406 g/mol. The minimum atomic E-state index is -4.38. The second-order valence-electron chi connectivity index (χ2n) is 6.26. The van der Waals surface area contributed by atoms with Gasteiger partial charge >= 0.3 is 6.18 Å². The molecule has 0 bridgehead atoms. The fourth-order valence-electron chi connectivity index (χ4n) is 2.63. The topological polar surface area (TPSA) is 72.2 Å². The zero-order valence-corrected chi connectivity index (χ0v) is 15.8. The Morgan fingerprint density at radius 2 is 1.93 bits per heavy atom. The van der Waals surface area contributed by atoms with Gasteiger partial charge in [0.2, 0.25) is 5.95 Å². The van der Waals surface area contributed by atoms with E-state index in [0.29, 0.717) is 41.9 Å². The van der Waals surface area contributed by atoms with Gasteiger partial charge in [0.05, 0.1) is 11.8 Å². The summed E-state index contributed by atoms with van der Waals surface area (Å²) in [6, 6.07) is 10.4. The molecule has 1 aromatic carbocycles. The Hall–Kier alpha value is -3.07. The lowest BCUT2D eigenvalue weighted by Crippen LogP contribution is -2.10. The first-order valence-electron chi connectivity index (χ1n) is 9.01. The van der Waals surface area contributed by atoms with Gasteiger partial charge in [0.1, 0.15) is 11.5 Å². The fraction of sp³-hybridized carbons (Fsp3) is 0.300. The summed E-state index contributed by atoms with van der Waals surface area (Å²) in [6.07, 6.45) is -2.06. The van der Waals surface area contributed by atoms with Crippen LogP contribution in [-0.4, -0.2) is 30.2 Å². The predicted molar refractivity (Wildman–Crippen MR) is 103 cm³/mol. The Kier molecular flexibility index (Phi) is 6.71. The molecule has 2 N–H and O–H groups in total. The quantitative estimate of drug-likeness (QED) is 0.497. The molecule has 0 amide bonds. The van der Waals surface area contributed by atoms with Gasteiger partial charge in [-0.2, -0.15) is 18.2 Å². The lowest BCUT2D eigenvalue weighted by atomic mass is 10.1. The summed E-state index contributed by atoms with van der Waals surface area (Å²) < 4.78 is 49.1. The highest BCUT2D eigenvalue weighted by atomic mass is 19.4. The third-order valence-electron chi connectivity index (χ3n) is 4.04. The van der Waals surface area contributed by atoms with Gasteiger partial charge in [-0.25, -0.2) is 4.98 Å². The highest BCUT2D eigenvalue weighted by Crippen LogP contribution is 2.29. The van der Waals surface area contributed by atoms with Crippen molar-refractivity contribution in [3.8, 4) is 11.5 Å². The van der Waals surface area contributed by atoms with Crippen LogP contribution in [0, 0.1) is 0 Å². The van der Waals surface area contributed by atoms with Gasteiger partial charge in [0.15, 0.2) is 5.76 Å². The molecule has 2 heterocycles. The molecule has 0 aliphatic carbocycles. The van der Waals surface area contributed by atoms with Crippen molar-refractivity contribution in [3.63, 3.8) is 0 Å². The first kappa shape index (κ1) is 20.7. The number of nitrogens with zero attached hydrogens (tertiary/aromatic N) is 2. The van der Waals surface area contributed by atoms with Crippen molar-refractivity contribution in [2.75, 3.05) is 30.9 Å². The molecule has 154 valence electrons. The van der Waals surface area contributed by atoms with Gasteiger partial charge < -0.3 is 19.8 Å². The summed E-state index contributed by atoms with van der Waals surface area (Å²) in [5.74, 6) is 1.43. The highest BCUT2D eigenvalue weighted by Gasteiger charge is 2.30. The lowest BCUT2D eigenvalue weighted by molar-refractivity contribution is -0.137. The first-order valence-corrected chi connectivity index (χ1v) is 9.01. The van der Waals surface area contributed by atoms with Crippen molar-refractivity contribution < 1.29 is 22.3 Å². The van der Waals surface area contributed by atoms with Crippen LogP contribution in [0.1, 0.15) is 17.5 Å². The Morgan fingerprint density at radius 1 is 1.07 bits per heavy atom. The molecule has 9 heteroatoms. The van der Waals surface area contributed by atoms with E-state index in [1.807, 2.05) is 0 Å². The maximum atomic E-state index is 12.9. The average Bonchev–Trinajstić information content (AvgIpc) is 3.24. The van der Waals surface area contributed by atoms with Crippen LogP contribution in [0.4, 0.5) is 24.9 Å². The fourth-order valence-corrected chi connectivity index (χ4v) is 2.63. The maximum Gasteiger partial charge on any atom is 0.416 e. The summed E-state index contributed by atoms with van der Waals surface area (Å²) in [7, 11) is 1.63. The van der Waals surface area contributed by atoms with Crippen LogP contribution in [0.2, 0.25) is 0 Å². The first-order chi connectivity index (χ1) is 14.0. The number of nitrogens with one attached hydrogen (secondary N) is 2. The standard InChI is InChI=1S/C20H21F3N4O2/c1-28-9-4-8-24-19-26-16(17-7-3-10-29-17)12-18(27-19)25-13-14-5-2-6-15(11-14)20(21,22)23/h2-3,5-7,10-12H,4,8-9,13H2,1H3,(H2,24,25,26,27). The third-order valence-corrected chi connectivity index (χ3v) is 4.04. The molecule has 0 atom stereocenters. The molecule has 6 nitrogen and oxygen atoms in total. The van der Waals surface area contributed by atoms with Crippen molar-refractivity contribution >= 4 is 11.8 Å². The molecular weight excluding hydrogens is 385 g/mol. The molecule has 3 aromatic rings. The van der Waals surface area contributed by atoms with Gasteiger partial charge in [-0.1, -0.05) is 12.1 Å². The average molecular weight is 406 g/mol. The third kappa shape index (κ3) is 5.95. The minimum absolute atomic E-state index is 0.182. The summed E-state index contributed by atoms with van der Waals surface area (Å²) in [6.45, 7) is 1.40. The number of ether oxygens (including phenoxy) is 1. The van der Waals surface area contributed by atoms with E-state index >= 15 is 0 Å². The zero-order chi connectivity index (χ0) is 20.7. The van der Waals surface area contributed by atoms with E-state index in [9.17, 15) is 13.2 Å². The van der Waals surface area contributed by atoms with E-state index in [2.05, 4.69) is 20.6 Å². The number of halogens is 3. The highest BCUT2D eigenvalue weighted by molar-refractivity contribution is 5.59. The maximum absolute atomic E-state index is 12.9.